The highest BCUT2D eigenvalue weighted by atomic mass is 16.5. The summed E-state index contributed by atoms with van der Waals surface area (Å²) in [6, 6.07) is 11.6. The van der Waals surface area contributed by atoms with E-state index in [4.69, 9.17) is 4.74 Å². The molecule has 1 heterocycles. The SMILES string of the molecule is COc1ccc2c(c1)N[C@@]1(O)c3ccccc3C(=O)[C@@]21O. The Morgan fingerprint density at radius 1 is 1.10 bits per heavy atom. The molecule has 2 aliphatic rings. The minimum atomic E-state index is -2.02. The smallest absolute Gasteiger partial charge is 0.207 e. The Balaban J connectivity index is 2.00. The lowest BCUT2D eigenvalue weighted by Gasteiger charge is -2.30. The number of carbonyl (C=O) groups excluding carboxylic acids is 1. The lowest BCUT2D eigenvalue weighted by Crippen LogP contribution is -2.49. The molecule has 0 fully saturated rings. The maximum absolute atomic E-state index is 12.6. The maximum Gasteiger partial charge on any atom is 0.207 e. The van der Waals surface area contributed by atoms with Gasteiger partial charge in [0.1, 0.15) is 5.75 Å². The number of ether oxygens (including phenoxy) is 1. The first-order valence-corrected chi connectivity index (χ1v) is 6.58. The topological polar surface area (TPSA) is 78.8 Å². The summed E-state index contributed by atoms with van der Waals surface area (Å²) in [5.41, 5.74) is -2.31. The zero-order chi connectivity index (χ0) is 14.8. The van der Waals surface area contributed by atoms with Crippen LogP contribution in [0.3, 0.4) is 0 Å². The second-order valence-electron chi connectivity index (χ2n) is 5.33. The number of anilines is 1. The van der Waals surface area contributed by atoms with Crippen molar-refractivity contribution in [3.63, 3.8) is 0 Å². The second-order valence-corrected chi connectivity index (χ2v) is 5.33. The number of rotatable bonds is 1. The van der Waals surface area contributed by atoms with Crippen LogP contribution in [0.15, 0.2) is 42.5 Å². The van der Waals surface area contributed by atoms with Crippen molar-refractivity contribution in [1.29, 1.82) is 0 Å². The molecule has 1 aliphatic heterocycles. The molecule has 0 spiro atoms. The van der Waals surface area contributed by atoms with Crippen molar-refractivity contribution in [2.75, 3.05) is 12.4 Å². The molecule has 0 bridgehead atoms. The maximum atomic E-state index is 12.6. The van der Waals surface area contributed by atoms with Crippen LogP contribution < -0.4 is 10.1 Å². The van der Waals surface area contributed by atoms with E-state index in [1.165, 1.54) is 7.11 Å². The minimum Gasteiger partial charge on any atom is -0.497 e. The molecule has 2 aromatic rings. The third kappa shape index (κ3) is 1.21. The average Bonchev–Trinajstić information content (AvgIpc) is 2.84. The van der Waals surface area contributed by atoms with Crippen LogP contribution in [0.5, 0.6) is 5.75 Å². The Morgan fingerprint density at radius 3 is 2.62 bits per heavy atom. The van der Waals surface area contributed by atoms with Crippen LogP contribution in [0.1, 0.15) is 21.5 Å². The summed E-state index contributed by atoms with van der Waals surface area (Å²) in [4.78, 5) is 12.6. The molecule has 21 heavy (non-hydrogen) atoms. The Kier molecular flexibility index (Phi) is 2.14. The first kappa shape index (κ1) is 12.4. The number of fused-ring (bicyclic) bond motifs is 5. The molecule has 3 N–H and O–H groups in total. The Hall–Kier alpha value is -2.37. The second kappa shape index (κ2) is 3.63. The van der Waals surface area contributed by atoms with Crippen LogP contribution in [0, 0.1) is 0 Å². The van der Waals surface area contributed by atoms with E-state index >= 15 is 0 Å². The van der Waals surface area contributed by atoms with Crippen LogP contribution in [0.2, 0.25) is 0 Å². The third-order valence-electron chi connectivity index (χ3n) is 4.35. The molecule has 2 aromatic carbocycles. The van der Waals surface area contributed by atoms with E-state index in [1.807, 2.05) is 0 Å². The first-order valence-electron chi connectivity index (χ1n) is 6.58. The zero-order valence-electron chi connectivity index (χ0n) is 11.3. The molecule has 0 unspecified atom stereocenters. The minimum absolute atomic E-state index is 0.330. The first-order chi connectivity index (χ1) is 10.0. The number of methoxy groups -OCH3 is 1. The fourth-order valence-electron chi connectivity index (χ4n) is 3.29. The Bertz CT molecular complexity index is 788. The van der Waals surface area contributed by atoms with Crippen molar-refractivity contribution in [2.45, 2.75) is 11.3 Å². The van der Waals surface area contributed by atoms with E-state index in [2.05, 4.69) is 5.32 Å². The van der Waals surface area contributed by atoms with Crippen molar-refractivity contribution in [3.8, 4) is 5.75 Å². The molecule has 4 rings (SSSR count). The van der Waals surface area contributed by atoms with Crippen molar-refractivity contribution in [3.05, 3.63) is 59.2 Å². The van der Waals surface area contributed by atoms with Crippen LogP contribution in [0.25, 0.3) is 0 Å². The number of hydrogen-bond donors (Lipinski definition) is 3. The number of ketones is 1. The van der Waals surface area contributed by atoms with E-state index in [1.54, 1.807) is 42.5 Å². The van der Waals surface area contributed by atoms with Gasteiger partial charge in [0.05, 0.1) is 7.11 Å². The van der Waals surface area contributed by atoms with Crippen molar-refractivity contribution in [1.82, 2.24) is 0 Å². The molecule has 5 nitrogen and oxygen atoms in total. The fraction of sp³-hybridized carbons (Fsp3) is 0.188. The van der Waals surface area contributed by atoms with Crippen LogP contribution in [-0.4, -0.2) is 23.1 Å². The van der Waals surface area contributed by atoms with E-state index in [0.29, 0.717) is 28.1 Å². The summed E-state index contributed by atoms with van der Waals surface area (Å²) in [5.74, 6) is 0.0752. The standard InChI is InChI=1S/C16H13NO4/c1-21-9-6-7-12-13(8-9)17-16(20)11-5-3-2-4-10(11)14(18)15(12,16)19/h2-8,17,19-20H,1H3/t15-,16+/m0/s1. The summed E-state index contributed by atoms with van der Waals surface area (Å²) in [6.45, 7) is 0. The lowest BCUT2D eigenvalue weighted by atomic mass is 9.86. The zero-order valence-corrected chi connectivity index (χ0v) is 11.3. The fourth-order valence-corrected chi connectivity index (χ4v) is 3.29. The van der Waals surface area contributed by atoms with Crippen molar-refractivity contribution in [2.24, 2.45) is 0 Å². The molecular formula is C16H13NO4. The molecule has 1 aliphatic carbocycles. The molecule has 106 valence electrons. The molecule has 0 saturated heterocycles. The molecule has 2 atom stereocenters. The summed E-state index contributed by atoms with van der Waals surface area (Å²) < 4.78 is 5.14. The van der Waals surface area contributed by atoms with Gasteiger partial charge >= 0.3 is 0 Å². The van der Waals surface area contributed by atoms with Crippen molar-refractivity contribution < 1.29 is 19.7 Å². The van der Waals surface area contributed by atoms with Gasteiger partial charge in [0.25, 0.3) is 0 Å². The van der Waals surface area contributed by atoms with Gasteiger partial charge in [-0.25, -0.2) is 0 Å². The van der Waals surface area contributed by atoms with E-state index in [0.717, 1.165) is 0 Å². The van der Waals surface area contributed by atoms with E-state index in [-0.39, 0.29) is 0 Å². The highest BCUT2D eigenvalue weighted by molar-refractivity contribution is 6.11. The largest absolute Gasteiger partial charge is 0.497 e. The molecule has 0 aromatic heterocycles. The van der Waals surface area contributed by atoms with Crippen LogP contribution in [0.4, 0.5) is 5.69 Å². The number of aliphatic hydroxyl groups is 2. The van der Waals surface area contributed by atoms with Gasteiger partial charge in [-0.2, -0.15) is 0 Å². The number of nitrogens with one attached hydrogen (secondary N) is 1. The van der Waals surface area contributed by atoms with Gasteiger partial charge in [-0.15, -0.1) is 0 Å². The van der Waals surface area contributed by atoms with Crippen LogP contribution in [-0.2, 0) is 11.3 Å². The van der Waals surface area contributed by atoms with Gasteiger partial charge < -0.3 is 20.3 Å². The van der Waals surface area contributed by atoms with E-state index in [9.17, 15) is 15.0 Å². The van der Waals surface area contributed by atoms with Crippen LogP contribution >= 0.6 is 0 Å². The Morgan fingerprint density at radius 2 is 1.86 bits per heavy atom. The monoisotopic (exact) mass is 283 g/mol. The third-order valence-corrected chi connectivity index (χ3v) is 4.35. The summed E-state index contributed by atoms with van der Waals surface area (Å²) >= 11 is 0. The van der Waals surface area contributed by atoms with E-state index < -0.39 is 17.1 Å². The molecule has 0 amide bonds. The highest BCUT2D eigenvalue weighted by Gasteiger charge is 2.67. The van der Waals surface area contributed by atoms with Gasteiger partial charge in [-0.3, -0.25) is 4.79 Å². The number of Topliss-reactive ketones (excluding diaryl/α,β-unsaturated/α-hetero) is 1. The molecule has 0 saturated carbocycles. The normalized spacial score (nSPS) is 28.6. The highest BCUT2D eigenvalue weighted by Crippen LogP contribution is 2.56. The molecule has 5 heteroatoms. The van der Waals surface area contributed by atoms with Gasteiger partial charge in [0, 0.05) is 28.4 Å². The number of carbonyl (C=O) groups is 1. The van der Waals surface area contributed by atoms with Gasteiger partial charge in [-0.05, 0) is 12.1 Å². The van der Waals surface area contributed by atoms with Crippen molar-refractivity contribution >= 4 is 11.5 Å². The average molecular weight is 283 g/mol. The predicted molar refractivity (Wildman–Crippen MR) is 75.2 cm³/mol. The molecular weight excluding hydrogens is 270 g/mol. The lowest BCUT2D eigenvalue weighted by molar-refractivity contribution is -0.101. The quantitative estimate of drug-likeness (QED) is 0.736. The molecule has 0 radical (unpaired) electrons. The van der Waals surface area contributed by atoms with Gasteiger partial charge in [0.15, 0.2) is 0 Å². The van der Waals surface area contributed by atoms with Gasteiger partial charge in [0.2, 0.25) is 17.1 Å². The number of hydrogen-bond acceptors (Lipinski definition) is 5. The van der Waals surface area contributed by atoms with Gasteiger partial charge in [-0.1, -0.05) is 24.3 Å². The predicted octanol–water partition coefficient (Wildman–Crippen LogP) is 1.35. The number of benzene rings is 2. The summed E-state index contributed by atoms with van der Waals surface area (Å²) in [7, 11) is 1.53. The Labute approximate surface area is 120 Å². The summed E-state index contributed by atoms with van der Waals surface area (Å²) in [5, 5.41) is 24.8. The summed E-state index contributed by atoms with van der Waals surface area (Å²) in [6.07, 6.45) is 0.